The average Bonchev–Trinajstić information content (AvgIpc) is 3.23. The van der Waals surface area contributed by atoms with Crippen molar-refractivity contribution in [1.82, 2.24) is 20.4 Å². The number of rotatable bonds is 8. The van der Waals surface area contributed by atoms with E-state index in [1.54, 1.807) is 38.1 Å². The number of aliphatic hydroxyl groups excluding tert-OH is 1. The maximum atomic E-state index is 14.1. The van der Waals surface area contributed by atoms with Crippen molar-refractivity contribution in [3.05, 3.63) is 93.9 Å². The maximum absolute atomic E-state index is 14.1. The summed E-state index contributed by atoms with van der Waals surface area (Å²) in [7, 11) is 2.90. The number of nitrogens with one attached hydrogen (secondary N) is 2. The summed E-state index contributed by atoms with van der Waals surface area (Å²) in [6, 6.07) is 8.00. The molecule has 5 rings (SSSR count). The number of methoxy groups -OCH3 is 2. The van der Waals surface area contributed by atoms with Gasteiger partial charge in [0.05, 0.1) is 23.6 Å². The molecule has 0 aromatic heterocycles. The number of hydrogen-bond donors (Lipinski definition) is 4. The number of ether oxygens (including phenoxy) is 3. The summed E-state index contributed by atoms with van der Waals surface area (Å²) in [4.78, 5) is 72.0. The van der Waals surface area contributed by atoms with E-state index in [2.05, 4.69) is 20.4 Å². The van der Waals surface area contributed by atoms with E-state index in [4.69, 9.17) is 19.9 Å². The number of allylic oxidation sites excluding steroid dienone is 4. The first-order valence-electron chi connectivity index (χ1n) is 21.1. The first kappa shape index (κ1) is 46.3. The van der Waals surface area contributed by atoms with Crippen LogP contribution in [0.3, 0.4) is 0 Å². The van der Waals surface area contributed by atoms with Gasteiger partial charge >= 0.3 is 6.09 Å². The number of piperazine rings is 1. The van der Waals surface area contributed by atoms with Gasteiger partial charge in [-0.3, -0.25) is 29.0 Å². The van der Waals surface area contributed by atoms with E-state index in [0.29, 0.717) is 17.2 Å². The van der Waals surface area contributed by atoms with Crippen LogP contribution in [0.4, 0.5) is 4.79 Å². The highest BCUT2D eigenvalue weighted by Gasteiger charge is 2.34. The fourth-order valence-corrected chi connectivity index (χ4v) is 8.66. The Hall–Kier alpha value is -4.73. The van der Waals surface area contributed by atoms with Gasteiger partial charge in [-0.05, 0) is 68.7 Å². The van der Waals surface area contributed by atoms with Crippen LogP contribution in [0.15, 0.2) is 82.8 Å². The third-order valence-corrected chi connectivity index (χ3v) is 12.2. The van der Waals surface area contributed by atoms with E-state index in [0.717, 1.165) is 44.4 Å². The zero-order chi connectivity index (χ0) is 43.5. The molecule has 0 unspecified atom stereocenters. The minimum absolute atomic E-state index is 0.0256. The molecule has 6 atom stereocenters. The second-order valence-corrected chi connectivity index (χ2v) is 16.7. The molecule has 1 saturated carbocycles. The highest BCUT2D eigenvalue weighted by atomic mass is 16.6. The van der Waals surface area contributed by atoms with Gasteiger partial charge in [-0.25, -0.2) is 4.79 Å². The number of benzene rings is 1. The van der Waals surface area contributed by atoms with Crippen LogP contribution in [0.2, 0.25) is 0 Å². The Morgan fingerprint density at radius 2 is 1.65 bits per heavy atom. The van der Waals surface area contributed by atoms with Crippen molar-refractivity contribution in [2.24, 2.45) is 17.6 Å². The summed E-state index contributed by atoms with van der Waals surface area (Å²) < 4.78 is 16.8. The van der Waals surface area contributed by atoms with Crippen LogP contribution in [-0.4, -0.2) is 115 Å². The highest BCUT2D eigenvalue weighted by Crippen LogP contribution is 2.30. The Labute approximate surface area is 353 Å². The molecule has 0 radical (unpaired) electrons. The normalized spacial score (nSPS) is 29.7. The molecule has 5 N–H and O–H groups in total. The van der Waals surface area contributed by atoms with E-state index >= 15 is 0 Å². The average molecular weight is 830 g/mol. The molecule has 0 spiro atoms. The zero-order valence-corrected chi connectivity index (χ0v) is 35.9. The lowest BCUT2D eigenvalue weighted by atomic mass is 9.85. The van der Waals surface area contributed by atoms with Crippen molar-refractivity contribution in [3.63, 3.8) is 0 Å². The van der Waals surface area contributed by atoms with Crippen molar-refractivity contribution in [1.29, 1.82) is 0 Å². The Kier molecular flexibility index (Phi) is 16.7. The summed E-state index contributed by atoms with van der Waals surface area (Å²) in [5.74, 6) is -3.29. The number of primary amides is 1. The van der Waals surface area contributed by atoms with Crippen LogP contribution in [0, 0.1) is 11.8 Å². The SMILES string of the molecule is CO[C@@H]1/C=C\C=C(\C)C(=O)NC2=CC(=O)C(NC(=O)c3ccc(CN4CCN(C5CCCCC5)CC4)cc3)=C(C[C@@H](C)C[C@@H](OC)[C@@H](O)[C@@H](C)/C=C(/C)[C@H]1OC(N)=O)C2=O. The van der Waals surface area contributed by atoms with Gasteiger partial charge in [0.15, 0.2) is 6.10 Å². The van der Waals surface area contributed by atoms with Crippen LogP contribution in [-0.2, 0) is 35.1 Å². The van der Waals surface area contributed by atoms with Crippen molar-refractivity contribution in [2.45, 2.75) is 110 Å². The van der Waals surface area contributed by atoms with Gasteiger partial charge < -0.3 is 35.7 Å². The Balaban J connectivity index is 1.36. The molecular formula is C46H63N5O9. The Morgan fingerprint density at radius 3 is 2.28 bits per heavy atom. The number of ketones is 2. The molecule has 1 saturated heterocycles. The van der Waals surface area contributed by atoms with E-state index in [1.165, 1.54) is 65.4 Å². The summed E-state index contributed by atoms with van der Waals surface area (Å²) in [5, 5.41) is 16.8. The molecule has 326 valence electrons. The van der Waals surface area contributed by atoms with E-state index in [-0.39, 0.29) is 41.3 Å². The van der Waals surface area contributed by atoms with E-state index in [9.17, 15) is 29.1 Å². The molecule has 2 aliphatic heterocycles. The number of carbonyl (C=O) groups is 5. The van der Waals surface area contributed by atoms with Gasteiger partial charge in [0.25, 0.3) is 11.8 Å². The third kappa shape index (κ3) is 12.2. The van der Waals surface area contributed by atoms with Gasteiger partial charge in [0, 0.05) is 81.7 Å². The largest absolute Gasteiger partial charge is 0.439 e. The molecule has 14 heteroatoms. The van der Waals surface area contributed by atoms with Crippen LogP contribution >= 0.6 is 0 Å². The number of nitrogens with two attached hydrogens (primary N) is 1. The fourth-order valence-electron chi connectivity index (χ4n) is 8.66. The van der Waals surface area contributed by atoms with Crippen molar-refractivity contribution in [2.75, 3.05) is 40.4 Å². The molecule has 3 amide bonds. The standard InChI is InChI=1S/C46H63N5O9/c1-28-23-35-40(49-45(56)33-17-15-32(16-18-33)27-50-19-21-51(22-20-50)34-12-8-7-9-13-34)37(52)26-36(42(35)54)48-44(55)29(2)11-10-14-38(58-5)43(60-46(47)57)31(4)25-30(3)41(53)39(24-28)59-6/h10-11,14-18,25-26,28,30,34,38-39,41,43,53H,7-9,12-13,19-24,27H2,1-6H3,(H2,47,57)(H,48,55)(H,49,56)/b14-10-,29-11-,31-25-/t28-,30+,38-,39-,41+,43-/m1/s1. The van der Waals surface area contributed by atoms with E-state index in [1.807, 2.05) is 19.1 Å². The quantitative estimate of drug-likeness (QED) is 0.211. The second-order valence-electron chi connectivity index (χ2n) is 16.7. The monoisotopic (exact) mass is 829 g/mol. The number of fused-ring (bicyclic) bond motifs is 2. The van der Waals surface area contributed by atoms with Gasteiger partial charge in [-0.15, -0.1) is 0 Å². The molecular weight excluding hydrogens is 767 g/mol. The predicted molar refractivity (Wildman–Crippen MR) is 227 cm³/mol. The van der Waals surface area contributed by atoms with Crippen LogP contribution < -0.4 is 16.4 Å². The van der Waals surface area contributed by atoms with Crippen LogP contribution in [0.5, 0.6) is 0 Å². The molecule has 2 fully saturated rings. The molecule has 1 aromatic carbocycles. The topological polar surface area (TPSA) is 190 Å². The van der Waals surface area contributed by atoms with Crippen molar-refractivity contribution in [3.8, 4) is 0 Å². The zero-order valence-electron chi connectivity index (χ0n) is 35.9. The minimum atomic E-state index is -1.04. The van der Waals surface area contributed by atoms with Gasteiger partial charge in [0.1, 0.15) is 6.10 Å². The predicted octanol–water partition coefficient (Wildman–Crippen LogP) is 4.64. The summed E-state index contributed by atoms with van der Waals surface area (Å²) in [6.45, 7) is 11.8. The minimum Gasteiger partial charge on any atom is -0.439 e. The Morgan fingerprint density at radius 1 is 0.967 bits per heavy atom. The maximum Gasteiger partial charge on any atom is 0.405 e. The molecule has 60 heavy (non-hydrogen) atoms. The first-order valence-corrected chi connectivity index (χ1v) is 21.1. The third-order valence-electron chi connectivity index (χ3n) is 12.2. The lowest BCUT2D eigenvalue weighted by Crippen LogP contribution is -2.50. The number of hydrogen-bond acceptors (Lipinski definition) is 11. The molecule has 4 aliphatic rings. The lowest BCUT2D eigenvalue weighted by molar-refractivity contribution is -0.120. The van der Waals surface area contributed by atoms with Crippen LogP contribution in [0.25, 0.3) is 0 Å². The molecule has 2 aliphatic carbocycles. The molecule has 2 heterocycles. The fraction of sp³-hybridized carbons (Fsp3) is 0.543. The summed E-state index contributed by atoms with van der Waals surface area (Å²) >= 11 is 0. The molecule has 1 aromatic rings. The number of aliphatic hydroxyl groups is 1. The first-order chi connectivity index (χ1) is 28.7. The summed E-state index contributed by atoms with van der Waals surface area (Å²) in [6.07, 6.45) is 9.72. The number of amides is 3. The number of nitrogens with zero attached hydrogens (tertiary/aromatic N) is 2. The lowest BCUT2D eigenvalue weighted by Gasteiger charge is -2.40. The Bertz CT molecular complexity index is 1890. The van der Waals surface area contributed by atoms with E-state index < -0.39 is 59.8 Å². The summed E-state index contributed by atoms with van der Waals surface area (Å²) in [5.41, 5.74) is 7.20. The molecule has 14 nitrogen and oxygen atoms in total. The van der Waals surface area contributed by atoms with Crippen molar-refractivity contribution >= 4 is 29.5 Å². The highest BCUT2D eigenvalue weighted by molar-refractivity contribution is 6.24. The molecule has 2 bridgehead atoms. The smallest absolute Gasteiger partial charge is 0.405 e. The van der Waals surface area contributed by atoms with Crippen LogP contribution in [0.1, 0.15) is 88.6 Å². The number of Topliss-reactive ketones (excluding diaryl/α,β-unsaturated/α-hetero) is 1. The van der Waals surface area contributed by atoms with Gasteiger partial charge in [-0.1, -0.05) is 69.5 Å². The van der Waals surface area contributed by atoms with Gasteiger partial charge in [-0.2, -0.15) is 0 Å². The second kappa shape index (κ2) is 21.7. The van der Waals surface area contributed by atoms with Crippen molar-refractivity contribution < 1.29 is 43.3 Å². The number of carbonyl (C=O) groups excluding carboxylic acids is 5. The van der Waals surface area contributed by atoms with Gasteiger partial charge in [0.2, 0.25) is 11.6 Å².